The summed E-state index contributed by atoms with van der Waals surface area (Å²) >= 11 is 0. The van der Waals surface area contributed by atoms with Gasteiger partial charge in [0.15, 0.2) is 5.96 Å². The fourth-order valence-corrected chi connectivity index (χ4v) is 1.74. The van der Waals surface area contributed by atoms with E-state index in [1.165, 1.54) is 12.1 Å². The molecule has 1 aromatic rings. The SMILES string of the molecule is C#CCN=C(NCC)N(C)Cc1ccc(C(F)(F)F)cc1.I. The Balaban J connectivity index is 0.00000441. The maximum atomic E-state index is 12.5. The monoisotopic (exact) mass is 425 g/mol. The van der Waals surface area contributed by atoms with Gasteiger partial charge in [-0.15, -0.1) is 30.4 Å². The first-order chi connectivity index (χ1) is 9.88. The van der Waals surface area contributed by atoms with Crippen LogP contribution in [0.15, 0.2) is 29.3 Å². The van der Waals surface area contributed by atoms with Gasteiger partial charge in [0.05, 0.1) is 5.56 Å². The molecule has 0 fully saturated rings. The lowest BCUT2D eigenvalue weighted by Gasteiger charge is -2.22. The van der Waals surface area contributed by atoms with Crippen LogP contribution in [-0.2, 0) is 12.7 Å². The van der Waals surface area contributed by atoms with Crippen molar-refractivity contribution in [3.8, 4) is 12.3 Å². The van der Waals surface area contributed by atoms with Gasteiger partial charge in [0.25, 0.3) is 0 Å². The van der Waals surface area contributed by atoms with E-state index in [2.05, 4.69) is 16.2 Å². The summed E-state index contributed by atoms with van der Waals surface area (Å²) in [5.41, 5.74) is 0.110. The molecular weight excluding hydrogens is 406 g/mol. The molecule has 0 spiro atoms. The third-order valence-electron chi connectivity index (χ3n) is 2.72. The average Bonchev–Trinajstić information content (AvgIpc) is 2.43. The minimum Gasteiger partial charge on any atom is -0.356 e. The van der Waals surface area contributed by atoms with Crippen LogP contribution in [0.2, 0.25) is 0 Å². The summed E-state index contributed by atoms with van der Waals surface area (Å²) in [5, 5.41) is 3.07. The number of rotatable bonds is 4. The van der Waals surface area contributed by atoms with Crippen LogP contribution < -0.4 is 5.32 Å². The molecule has 0 bridgehead atoms. The van der Waals surface area contributed by atoms with E-state index >= 15 is 0 Å². The van der Waals surface area contributed by atoms with Crippen LogP contribution >= 0.6 is 24.0 Å². The zero-order chi connectivity index (χ0) is 15.9. The number of nitrogens with zero attached hydrogens (tertiary/aromatic N) is 2. The standard InChI is InChI=1S/C15H18F3N3.HI/c1-4-10-20-14(19-5-2)21(3)11-12-6-8-13(9-7-12)15(16,17)18;/h1,6-9H,5,10-11H2,2-3H3,(H,19,20);1H. The van der Waals surface area contributed by atoms with Gasteiger partial charge in [-0.3, -0.25) is 0 Å². The summed E-state index contributed by atoms with van der Waals surface area (Å²) in [5.74, 6) is 3.04. The molecular formula is C15H19F3IN3. The zero-order valence-corrected chi connectivity index (χ0v) is 14.8. The number of aliphatic imine (C=N–C) groups is 1. The lowest BCUT2D eigenvalue weighted by atomic mass is 10.1. The Bertz CT molecular complexity index is 518. The summed E-state index contributed by atoms with van der Waals surface area (Å²) in [6, 6.07) is 5.08. The number of alkyl halides is 3. The van der Waals surface area contributed by atoms with Crippen LogP contribution in [0.4, 0.5) is 13.2 Å². The second kappa shape index (κ2) is 9.56. The van der Waals surface area contributed by atoms with Crippen LogP contribution in [0.5, 0.6) is 0 Å². The summed E-state index contributed by atoms with van der Waals surface area (Å²) in [6.45, 7) is 3.30. The second-order valence-corrected chi connectivity index (χ2v) is 4.43. The Labute approximate surface area is 146 Å². The molecule has 0 aliphatic rings. The molecule has 0 aromatic heterocycles. The number of hydrogen-bond donors (Lipinski definition) is 1. The molecule has 0 aliphatic carbocycles. The minimum atomic E-state index is -4.31. The number of guanidine groups is 1. The topological polar surface area (TPSA) is 27.6 Å². The number of nitrogens with one attached hydrogen (secondary N) is 1. The van der Waals surface area contributed by atoms with Crippen LogP contribution in [0.3, 0.4) is 0 Å². The van der Waals surface area contributed by atoms with Gasteiger partial charge in [-0.05, 0) is 24.6 Å². The van der Waals surface area contributed by atoms with Gasteiger partial charge >= 0.3 is 6.18 Å². The van der Waals surface area contributed by atoms with Crippen molar-refractivity contribution in [2.75, 3.05) is 20.1 Å². The Morgan fingerprint density at radius 1 is 1.32 bits per heavy atom. The summed E-state index contributed by atoms with van der Waals surface area (Å²) < 4.78 is 37.5. The average molecular weight is 425 g/mol. The van der Waals surface area contributed by atoms with Crippen LogP contribution in [0, 0.1) is 12.3 Å². The highest BCUT2D eigenvalue weighted by Gasteiger charge is 2.29. The minimum absolute atomic E-state index is 0. The molecule has 0 amide bonds. The first-order valence-corrected chi connectivity index (χ1v) is 6.47. The van der Waals surface area contributed by atoms with Crippen molar-refractivity contribution in [2.45, 2.75) is 19.6 Å². The molecule has 0 unspecified atom stereocenters. The van der Waals surface area contributed by atoms with Gasteiger partial charge in [-0.25, -0.2) is 4.99 Å². The van der Waals surface area contributed by atoms with Crippen molar-refractivity contribution >= 4 is 29.9 Å². The molecule has 0 aliphatic heterocycles. The second-order valence-electron chi connectivity index (χ2n) is 4.43. The normalized spacial score (nSPS) is 11.4. The molecule has 122 valence electrons. The Morgan fingerprint density at radius 2 is 1.91 bits per heavy atom. The van der Waals surface area contributed by atoms with E-state index in [9.17, 15) is 13.2 Å². The predicted octanol–water partition coefficient (Wildman–Crippen LogP) is 3.35. The van der Waals surface area contributed by atoms with E-state index < -0.39 is 11.7 Å². The number of terminal acetylenes is 1. The van der Waals surface area contributed by atoms with Crippen molar-refractivity contribution in [3.63, 3.8) is 0 Å². The Morgan fingerprint density at radius 3 is 2.36 bits per heavy atom. The molecule has 0 radical (unpaired) electrons. The van der Waals surface area contributed by atoms with E-state index in [0.717, 1.165) is 17.7 Å². The first kappa shape index (κ1) is 20.6. The van der Waals surface area contributed by atoms with Crippen molar-refractivity contribution in [2.24, 2.45) is 4.99 Å². The molecule has 22 heavy (non-hydrogen) atoms. The molecule has 0 atom stereocenters. The summed E-state index contributed by atoms with van der Waals surface area (Å²) in [6.07, 6.45) is 0.861. The van der Waals surface area contributed by atoms with E-state index in [1.54, 1.807) is 7.05 Å². The first-order valence-electron chi connectivity index (χ1n) is 6.47. The van der Waals surface area contributed by atoms with Crippen LogP contribution in [0.25, 0.3) is 0 Å². The number of benzene rings is 1. The fraction of sp³-hybridized carbons (Fsp3) is 0.400. The van der Waals surface area contributed by atoms with Crippen molar-refractivity contribution in [1.82, 2.24) is 10.2 Å². The molecule has 0 saturated heterocycles. The van der Waals surface area contributed by atoms with Crippen LogP contribution in [-0.4, -0.2) is 31.0 Å². The third kappa shape index (κ3) is 6.56. The largest absolute Gasteiger partial charge is 0.416 e. The fourth-order valence-electron chi connectivity index (χ4n) is 1.74. The zero-order valence-electron chi connectivity index (χ0n) is 12.4. The van der Waals surface area contributed by atoms with Crippen LogP contribution in [0.1, 0.15) is 18.1 Å². The smallest absolute Gasteiger partial charge is 0.356 e. The van der Waals surface area contributed by atoms with Gasteiger partial charge in [-0.1, -0.05) is 18.1 Å². The van der Waals surface area contributed by atoms with E-state index in [-0.39, 0.29) is 30.5 Å². The van der Waals surface area contributed by atoms with Gasteiger partial charge in [0.2, 0.25) is 0 Å². The van der Waals surface area contributed by atoms with E-state index in [1.807, 2.05) is 11.8 Å². The number of halogens is 4. The maximum Gasteiger partial charge on any atom is 0.416 e. The van der Waals surface area contributed by atoms with E-state index in [0.29, 0.717) is 19.0 Å². The summed E-state index contributed by atoms with van der Waals surface area (Å²) in [7, 11) is 1.80. The Kier molecular flexibility index (Phi) is 8.94. The molecule has 0 saturated carbocycles. The highest BCUT2D eigenvalue weighted by atomic mass is 127. The van der Waals surface area contributed by atoms with Crippen molar-refractivity contribution < 1.29 is 13.2 Å². The van der Waals surface area contributed by atoms with Crippen molar-refractivity contribution in [1.29, 1.82) is 0 Å². The number of hydrogen-bond acceptors (Lipinski definition) is 1. The molecule has 1 rings (SSSR count). The predicted molar refractivity (Wildman–Crippen MR) is 93.1 cm³/mol. The molecule has 1 N–H and O–H groups in total. The highest BCUT2D eigenvalue weighted by molar-refractivity contribution is 14.0. The maximum absolute atomic E-state index is 12.5. The van der Waals surface area contributed by atoms with Gasteiger partial charge in [-0.2, -0.15) is 13.2 Å². The molecule has 0 heterocycles. The lowest BCUT2D eigenvalue weighted by Crippen LogP contribution is -2.38. The quantitative estimate of drug-likeness (QED) is 0.347. The van der Waals surface area contributed by atoms with E-state index in [4.69, 9.17) is 6.42 Å². The molecule has 1 aromatic carbocycles. The van der Waals surface area contributed by atoms with Crippen molar-refractivity contribution in [3.05, 3.63) is 35.4 Å². The summed E-state index contributed by atoms with van der Waals surface area (Å²) in [4.78, 5) is 6.01. The van der Waals surface area contributed by atoms with Gasteiger partial charge < -0.3 is 10.2 Å². The van der Waals surface area contributed by atoms with Gasteiger partial charge in [0.1, 0.15) is 6.54 Å². The molecule has 7 heteroatoms. The third-order valence-corrected chi connectivity index (χ3v) is 2.72. The van der Waals surface area contributed by atoms with Gasteiger partial charge in [0, 0.05) is 20.1 Å². The Hall–Kier alpha value is -1.43. The highest BCUT2D eigenvalue weighted by Crippen LogP contribution is 2.29. The molecule has 3 nitrogen and oxygen atoms in total. The lowest BCUT2D eigenvalue weighted by molar-refractivity contribution is -0.137.